The predicted octanol–water partition coefficient (Wildman–Crippen LogP) is 2.20. The molecule has 0 saturated heterocycles. The van der Waals surface area contributed by atoms with Gasteiger partial charge in [0.2, 0.25) is 5.43 Å². The van der Waals surface area contributed by atoms with Gasteiger partial charge in [-0.05, 0) is 31.5 Å². The van der Waals surface area contributed by atoms with Gasteiger partial charge in [0.25, 0.3) is 0 Å². The molecule has 116 valence electrons. The van der Waals surface area contributed by atoms with E-state index in [0.29, 0.717) is 11.9 Å². The highest BCUT2D eigenvalue weighted by Crippen LogP contribution is 2.16. The number of benzene rings is 1. The molecule has 0 radical (unpaired) electrons. The number of aromatic nitrogens is 1. The Bertz CT molecular complexity index is 774. The Morgan fingerprint density at radius 1 is 1.36 bits per heavy atom. The molecule has 0 amide bonds. The summed E-state index contributed by atoms with van der Waals surface area (Å²) in [5, 5.41) is 9.30. The van der Waals surface area contributed by atoms with Crippen molar-refractivity contribution in [3.63, 3.8) is 0 Å². The Balaban J connectivity index is 2.69. The second kappa shape index (κ2) is 7.04. The molecule has 22 heavy (non-hydrogen) atoms. The molecule has 5 heteroatoms. The highest BCUT2D eigenvalue weighted by molar-refractivity contribution is 5.94. The molecular weight excluding hydrogens is 282 g/mol. The third-order valence-corrected chi connectivity index (χ3v) is 3.36. The number of aliphatic hydroxyl groups excluding tert-OH is 1. The lowest BCUT2D eigenvalue weighted by Crippen LogP contribution is -2.20. The van der Waals surface area contributed by atoms with Crippen LogP contribution in [0.4, 0.5) is 0 Å². The number of hydrogen-bond acceptors (Lipinski definition) is 4. The molecule has 0 aliphatic rings. The topological polar surface area (TPSA) is 68.5 Å². The first-order chi connectivity index (χ1) is 10.6. The van der Waals surface area contributed by atoms with Crippen LogP contribution in [-0.4, -0.2) is 28.9 Å². The third-order valence-electron chi connectivity index (χ3n) is 3.36. The van der Waals surface area contributed by atoms with Crippen molar-refractivity contribution < 1.29 is 14.6 Å². The van der Waals surface area contributed by atoms with E-state index in [4.69, 9.17) is 9.84 Å². The number of esters is 1. The van der Waals surface area contributed by atoms with Crippen LogP contribution in [0.15, 0.2) is 35.3 Å². The minimum atomic E-state index is -0.604. The van der Waals surface area contributed by atoms with Gasteiger partial charge >= 0.3 is 5.97 Å². The number of rotatable bonds is 5. The number of carbonyl (C=O) groups excluding carboxylic acids is 1. The van der Waals surface area contributed by atoms with Crippen LogP contribution in [-0.2, 0) is 11.3 Å². The molecule has 0 spiro atoms. The SMILES string of the molecule is CCOC(=O)c1cn(CC)c2ccc(/C=C\CO)cc2c1=O. The average Bonchev–Trinajstić information content (AvgIpc) is 2.53. The standard InChI is InChI=1S/C17H19NO4/c1-3-18-11-14(17(21)22-4-2)16(20)13-10-12(6-5-9-19)7-8-15(13)18/h5-8,10-11,19H,3-4,9H2,1-2H3/b6-5-. The summed E-state index contributed by atoms with van der Waals surface area (Å²) >= 11 is 0. The molecule has 1 N–H and O–H groups in total. The molecule has 0 aliphatic carbocycles. The van der Waals surface area contributed by atoms with Crippen LogP contribution >= 0.6 is 0 Å². The Morgan fingerprint density at radius 2 is 2.14 bits per heavy atom. The zero-order valence-electron chi connectivity index (χ0n) is 12.7. The van der Waals surface area contributed by atoms with Crippen LogP contribution in [0, 0.1) is 0 Å². The molecular formula is C17H19NO4. The van der Waals surface area contributed by atoms with Crippen molar-refractivity contribution in [2.75, 3.05) is 13.2 Å². The molecule has 2 aromatic rings. The maximum Gasteiger partial charge on any atom is 0.343 e. The largest absolute Gasteiger partial charge is 0.462 e. The van der Waals surface area contributed by atoms with E-state index in [9.17, 15) is 9.59 Å². The van der Waals surface area contributed by atoms with Crippen molar-refractivity contribution in [2.24, 2.45) is 0 Å². The lowest BCUT2D eigenvalue weighted by Gasteiger charge is -2.11. The molecule has 1 aromatic carbocycles. The van der Waals surface area contributed by atoms with Crippen molar-refractivity contribution in [1.82, 2.24) is 4.57 Å². The second-order valence-corrected chi connectivity index (χ2v) is 4.74. The molecule has 0 aliphatic heterocycles. The van der Waals surface area contributed by atoms with E-state index in [1.807, 2.05) is 23.6 Å². The van der Waals surface area contributed by atoms with Crippen molar-refractivity contribution >= 4 is 22.9 Å². The number of aryl methyl sites for hydroxylation is 1. The zero-order chi connectivity index (χ0) is 16.1. The molecule has 2 rings (SSSR count). The highest BCUT2D eigenvalue weighted by atomic mass is 16.5. The predicted molar refractivity (Wildman–Crippen MR) is 86.0 cm³/mol. The summed E-state index contributed by atoms with van der Waals surface area (Å²) in [6.45, 7) is 4.43. The van der Waals surface area contributed by atoms with Gasteiger partial charge in [0, 0.05) is 18.1 Å². The average molecular weight is 301 g/mol. The molecule has 1 heterocycles. The number of pyridine rings is 1. The summed E-state index contributed by atoms with van der Waals surface area (Å²) in [5.41, 5.74) is 1.26. The number of ether oxygens (including phenoxy) is 1. The number of nitrogens with zero attached hydrogens (tertiary/aromatic N) is 1. The van der Waals surface area contributed by atoms with E-state index < -0.39 is 5.97 Å². The number of aliphatic hydroxyl groups is 1. The first-order valence-electron chi connectivity index (χ1n) is 7.24. The fourth-order valence-corrected chi connectivity index (χ4v) is 2.32. The van der Waals surface area contributed by atoms with E-state index in [2.05, 4.69) is 0 Å². The number of fused-ring (bicyclic) bond motifs is 1. The maximum atomic E-state index is 12.6. The first-order valence-corrected chi connectivity index (χ1v) is 7.24. The van der Waals surface area contributed by atoms with Gasteiger partial charge in [0.05, 0.1) is 18.7 Å². The van der Waals surface area contributed by atoms with Gasteiger partial charge in [-0.3, -0.25) is 4.79 Å². The van der Waals surface area contributed by atoms with Crippen LogP contribution in [0.3, 0.4) is 0 Å². The lowest BCUT2D eigenvalue weighted by molar-refractivity contribution is 0.0524. The molecule has 0 saturated carbocycles. The fraction of sp³-hybridized carbons (Fsp3) is 0.294. The van der Waals surface area contributed by atoms with Gasteiger partial charge in [0.15, 0.2) is 0 Å². The highest BCUT2D eigenvalue weighted by Gasteiger charge is 2.16. The van der Waals surface area contributed by atoms with Gasteiger partial charge < -0.3 is 14.4 Å². The van der Waals surface area contributed by atoms with Crippen LogP contribution in [0.1, 0.15) is 29.8 Å². The molecule has 1 aromatic heterocycles. The van der Waals surface area contributed by atoms with Gasteiger partial charge in [-0.2, -0.15) is 0 Å². The Morgan fingerprint density at radius 3 is 2.77 bits per heavy atom. The molecule has 0 bridgehead atoms. The van der Waals surface area contributed by atoms with Crippen molar-refractivity contribution in [3.05, 3.63) is 51.8 Å². The maximum absolute atomic E-state index is 12.6. The normalized spacial score (nSPS) is 11.2. The first kappa shape index (κ1) is 16.0. The smallest absolute Gasteiger partial charge is 0.343 e. The lowest BCUT2D eigenvalue weighted by atomic mass is 10.1. The summed E-state index contributed by atoms with van der Waals surface area (Å²) in [4.78, 5) is 24.5. The van der Waals surface area contributed by atoms with Gasteiger partial charge in [0.1, 0.15) is 5.56 Å². The minimum Gasteiger partial charge on any atom is -0.462 e. The Hall–Kier alpha value is -2.40. The van der Waals surface area contributed by atoms with E-state index in [-0.39, 0.29) is 24.2 Å². The number of carbonyl (C=O) groups is 1. The third kappa shape index (κ3) is 3.09. The second-order valence-electron chi connectivity index (χ2n) is 4.74. The summed E-state index contributed by atoms with van der Waals surface area (Å²) in [6.07, 6.45) is 4.87. The van der Waals surface area contributed by atoms with E-state index in [1.54, 1.807) is 31.3 Å². The van der Waals surface area contributed by atoms with E-state index in [1.165, 1.54) is 0 Å². The Kier molecular flexibility index (Phi) is 5.12. The van der Waals surface area contributed by atoms with Crippen molar-refractivity contribution in [1.29, 1.82) is 0 Å². The van der Waals surface area contributed by atoms with Crippen LogP contribution in [0.2, 0.25) is 0 Å². The van der Waals surface area contributed by atoms with Crippen molar-refractivity contribution in [2.45, 2.75) is 20.4 Å². The van der Waals surface area contributed by atoms with Gasteiger partial charge in [-0.25, -0.2) is 4.79 Å². The molecule has 0 atom stereocenters. The van der Waals surface area contributed by atoms with Crippen molar-refractivity contribution in [3.8, 4) is 0 Å². The summed E-state index contributed by atoms with van der Waals surface area (Å²) in [7, 11) is 0. The summed E-state index contributed by atoms with van der Waals surface area (Å²) in [5.74, 6) is -0.604. The van der Waals surface area contributed by atoms with Crippen LogP contribution in [0.25, 0.3) is 17.0 Å². The van der Waals surface area contributed by atoms with E-state index >= 15 is 0 Å². The minimum absolute atomic E-state index is 0.0412. The summed E-state index contributed by atoms with van der Waals surface area (Å²) in [6, 6.07) is 5.43. The zero-order valence-corrected chi connectivity index (χ0v) is 12.7. The van der Waals surface area contributed by atoms with E-state index in [0.717, 1.165) is 11.1 Å². The molecule has 0 fully saturated rings. The van der Waals surface area contributed by atoms with Crippen LogP contribution in [0.5, 0.6) is 0 Å². The Labute approximate surface area is 128 Å². The van der Waals surface area contributed by atoms with Gasteiger partial charge in [-0.1, -0.05) is 18.2 Å². The number of hydrogen-bond donors (Lipinski definition) is 1. The molecule has 5 nitrogen and oxygen atoms in total. The van der Waals surface area contributed by atoms with Crippen LogP contribution < -0.4 is 5.43 Å². The molecule has 0 unspecified atom stereocenters. The van der Waals surface area contributed by atoms with Gasteiger partial charge in [-0.15, -0.1) is 0 Å². The fourth-order valence-electron chi connectivity index (χ4n) is 2.32. The summed E-state index contributed by atoms with van der Waals surface area (Å²) < 4.78 is 6.80. The monoisotopic (exact) mass is 301 g/mol. The quantitative estimate of drug-likeness (QED) is 0.860.